The number of hydrogen-bond acceptors (Lipinski definition) is 6. The highest BCUT2D eigenvalue weighted by atomic mass is 32.2. The summed E-state index contributed by atoms with van der Waals surface area (Å²) >= 11 is 0. The van der Waals surface area contributed by atoms with Gasteiger partial charge in [0.25, 0.3) is 0 Å². The number of ether oxygens (including phenoxy) is 1. The van der Waals surface area contributed by atoms with Crippen LogP contribution >= 0.6 is 0 Å². The smallest absolute Gasteiger partial charge is 0.241 e. The van der Waals surface area contributed by atoms with Crippen molar-refractivity contribution in [2.24, 2.45) is 0 Å². The molecule has 0 bridgehead atoms. The van der Waals surface area contributed by atoms with Crippen LogP contribution in [0.3, 0.4) is 0 Å². The highest BCUT2D eigenvalue weighted by Crippen LogP contribution is 2.11. The lowest BCUT2D eigenvalue weighted by Crippen LogP contribution is -2.38. The van der Waals surface area contributed by atoms with E-state index >= 15 is 0 Å². The number of nitrogens with zero attached hydrogens (tertiary/aromatic N) is 1. The number of hydrogen-bond donors (Lipinski definition) is 3. The van der Waals surface area contributed by atoms with Gasteiger partial charge in [-0.1, -0.05) is 0 Å². The van der Waals surface area contributed by atoms with Crippen molar-refractivity contribution in [3.8, 4) is 0 Å². The van der Waals surface area contributed by atoms with Crippen LogP contribution in [0.5, 0.6) is 0 Å². The van der Waals surface area contributed by atoms with Crippen molar-refractivity contribution >= 4 is 21.7 Å². The second kappa shape index (κ2) is 7.78. The summed E-state index contributed by atoms with van der Waals surface area (Å²) in [6.07, 6.45) is 1.37. The Morgan fingerprint density at radius 2 is 2.20 bits per heavy atom. The van der Waals surface area contributed by atoms with E-state index in [0.29, 0.717) is 19.0 Å². The average Bonchev–Trinajstić information content (AvgIpc) is 2.45. The van der Waals surface area contributed by atoms with Crippen LogP contribution in [0.1, 0.15) is 0 Å². The molecule has 8 nitrogen and oxygen atoms in total. The molecule has 0 fully saturated rings. The van der Waals surface area contributed by atoms with Gasteiger partial charge >= 0.3 is 0 Å². The summed E-state index contributed by atoms with van der Waals surface area (Å²) in [5.41, 5.74) is 0. The fraction of sp³-hybridized carbons (Fsp3) is 0.455. The van der Waals surface area contributed by atoms with Crippen molar-refractivity contribution in [3.05, 3.63) is 18.3 Å². The van der Waals surface area contributed by atoms with Crippen LogP contribution in [0.25, 0.3) is 0 Å². The molecule has 1 heterocycles. The number of carbonyl (C=O) groups excluding carboxylic acids is 1. The number of carbonyl (C=O) groups is 1. The topological polar surface area (TPSA) is 109 Å². The summed E-state index contributed by atoms with van der Waals surface area (Å²) in [5, 5.41) is 5.26. The van der Waals surface area contributed by atoms with E-state index in [1.54, 1.807) is 7.05 Å². The molecule has 1 aromatic rings. The van der Waals surface area contributed by atoms with Crippen molar-refractivity contribution in [1.29, 1.82) is 0 Å². The Morgan fingerprint density at radius 3 is 2.85 bits per heavy atom. The molecule has 0 aliphatic carbocycles. The standard InChI is InChI=1S/C11H18N4O4S/c1-12-10-7-9(3-4-13-10)20(17,18)15-8-11(16)14-5-6-19-2/h3-4,7,15H,5-6,8H2,1-2H3,(H,12,13)(H,14,16). The van der Waals surface area contributed by atoms with Crippen LogP contribution in [0, 0.1) is 0 Å². The van der Waals surface area contributed by atoms with Gasteiger partial charge in [0.1, 0.15) is 5.82 Å². The van der Waals surface area contributed by atoms with Crippen molar-refractivity contribution in [2.45, 2.75) is 4.90 Å². The van der Waals surface area contributed by atoms with E-state index < -0.39 is 15.9 Å². The SMILES string of the molecule is CNc1cc(S(=O)(=O)NCC(=O)NCCOC)ccn1. The first-order valence-electron chi connectivity index (χ1n) is 5.88. The Bertz CT molecular complexity index is 547. The van der Waals surface area contributed by atoms with Crippen molar-refractivity contribution < 1.29 is 17.9 Å². The van der Waals surface area contributed by atoms with Crippen LogP contribution in [-0.2, 0) is 19.6 Å². The van der Waals surface area contributed by atoms with E-state index in [2.05, 4.69) is 20.3 Å². The molecule has 0 aliphatic rings. The minimum atomic E-state index is -3.74. The predicted molar refractivity (Wildman–Crippen MR) is 73.9 cm³/mol. The Kier molecular flexibility index (Phi) is 6.36. The number of nitrogens with one attached hydrogen (secondary N) is 3. The van der Waals surface area contributed by atoms with Gasteiger partial charge in [0.2, 0.25) is 15.9 Å². The van der Waals surface area contributed by atoms with E-state index in [0.717, 1.165) is 0 Å². The maximum atomic E-state index is 12.0. The molecule has 1 rings (SSSR count). The predicted octanol–water partition coefficient (Wildman–Crippen LogP) is -0.836. The van der Waals surface area contributed by atoms with Crippen LogP contribution in [-0.4, -0.2) is 53.2 Å². The number of anilines is 1. The van der Waals surface area contributed by atoms with Crippen LogP contribution < -0.4 is 15.4 Å². The third kappa shape index (κ3) is 5.11. The first-order valence-corrected chi connectivity index (χ1v) is 7.37. The maximum absolute atomic E-state index is 12.0. The summed E-state index contributed by atoms with van der Waals surface area (Å²) in [6, 6.07) is 2.73. The highest BCUT2D eigenvalue weighted by Gasteiger charge is 2.15. The summed E-state index contributed by atoms with van der Waals surface area (Å²) in [6.45, 7) is 0.369. The van der Waals surface area contributed by atoms with Gasteiger partial charge < -0.3 is 15.4 Å². The molecule has 1 aromatic heterocycles. The molecule has 3 N–H and O–H groups in total. The Balaban J connectivity index is 2.59. The normalized spacial score (nSPS) is 11.1. The van der Waals surface area contributed by atoms with Gasteiger partial charge in [-0.2, -0.15) is 0 Å². The summed E-state index contributed by atoms with van der Waals surface area (Å²) in [7, 11) is -0.595. The molecule has 1 amide bonds. The van der Waals surface area contributed by atoms with E-state index in [1.165, 1.54) is 25.4 Å². The molecule has 0 aliphatic heterocycles. The minimum Gasteiger partial charge on any atom is -0.383 e. The Hall–Kier alpha value is -1.71. The number of pyridine rings is 1. The lowest BCUT2D eigenvalue weighted by Gasteiger charge is -2.08. The lowest BCUT2D eigenvalue weighted by molar-refractivity contribution is -0.120. The third-order valence-corrected chi connectivity index (χ3v) is 3.75. The van der Waals surface area contributed by atoms with Crippen LogP contribution in [0.2, 0.25) is 0 Å². The van der Waals surface area contributed by atoms with Gasteiger partial charge in [0.15, 0.2) is 0 Å². The Morgan fingerprint density at radius 1 is 1.45 bits per heavy atom. The summed E-state index contributed by atoms with van der Waals surface area (Å²) in [5.74, 6) is 0.00550. The maximum Gasteiger partial charge on any atom is 0.241 e. The molecular formula is C11H18N4O4S. The fourth-order valence-electron chi connectivity index (χ4n) is 1.31. The van der Waals surface area contributed by atoms with Crippen molar-refractivity contribution in [2.75, 3.05) is 39.2 Å². The molecule has 0 spiro atoms. The first-order chi connectivity index (χ1) is 9.49. The number of methoxy groups -OCH3 is 1. The van der Waals surface area contributed by atoms with E-state index in [4.69, 9.17) is 4.74 Å². The molecule has 0 saturated heterocycles. The number of rotatable bonds is 8. The molecule has 0 aromatic carbocycles. The van der Waals surface area contributed by atoms with E-state index in [-0.39, 0.29) is 11.4 Å². The molecule has 0 radical (unpaired) electrons. The minimum absolute atomic E-state index is 0.0431. The van der Waals surface area contributed by atoms with Crippen LogP contribution in [0.15, 0.2) is 23.2 Å². The van der Waals surface area contributed by atoms with Gasteiger partial charge in [-0.05, 0) is 6.07 Å². The molecule has 9 heteroatoms. The molecule has 20 heavy (non-hydrogen) atoms. The monoisotopic (exact) mass is 302 g/mol. The quantitative estimate of drug-likeness (QED) is 0.540. The Labute approximate surface area is 118 Å². The van der Waals surface area contributed by atoms with Crippen molar-refractivity contribution in [3.63, 3.8) is 0 Å². The van der Waals surface area contributed by atoms with Gasteiger partial charge in [0.05, 0.1) is 18.0 Å². The van der Waals surface area contributed by atoms with Gasteiger partial charge in [-0.25, -0.2) is 18.1 Å². The molecule has 0 unspecified atom stereocenters. The van der Waals surface area contributed by atoms with Gasteiger partial charge in [-0.15, -0.1) is 0 Å². The van der Waals surface area contributed by atoms with Gasteiger partial charge in [0, 0.05) is 33.0 Å². The zero-order valence-electron chi connectivity index (χ0n) is 11.3. The zero-order chi connectivity index (χ0) is 15.0. The van der Waals surface area contributed by atoms with Gasteiger partial charge in [-0.3, -0.25) is 4.79 Å². The molecular weight excluding hydrogens is 284 g/mol. The molecule has 112 valence electrons. The second-order valence-electron chi connectivity index (χ2n) is 3.79. The van der Waals surface area contributed by atoms with E-state index in [9.17, 15) is 13.2 Å². The molecule has 0 atom stereocenters. The summed E-state index contributed by atoms with van der Waals surface area (Å²) < 4.78 is 30.9. The summed E-state index contributed by atoms with van der Waals surface area (Å²) in [4.78, 5) is 15.4. The lowest BCUT2D eigenvalue weighted by atomic mass is 10.5. The molecule has 0 saturated carbocycles. The zero-order valence-corrected chi connectivity index (χ0v) is 12.2. The van der Waals surface area contributed by atoms with E-state index in [1.807, 2.05) is 0 Å². The van der Waals surface area contributed by atoms with Crippen LogP contribution in [0.4, 0.5) is 5.82 Å². The largest absolute Gasteiger partial charge is 0.383 e. The third-order valence-electron chi connectivity index (χ3n) is 2.35. The van der Waals surface area contributed by atoms with Crippen molar-refractivity contribution in [1.82, 2.24) is 15.0 Å². The number of sulfonamides is 1. The highest BCUT2D eigenvalue weighted by molar-refractivity contribution is 7.89. The number of amides is 1. The second-order valence-corrected chi connectivity index (χ2v) is 5.56. The first kappa shape index (κ1) is 16.3. The number of aromatic nitrogens is 1. The average molecular weight is 302 g/mol. The fourth-order valence-corrected chi connectivity index (χ4v) is 2.31.